The minimum Gasteiger partial charge on any atom is -0.493 e. The molecule has 0 unspecified atom stereocenters. The summed E-state index contributed by atoms with van der Waals surface area (Å²) in [6.45, 7) is 0.621. The molecule has 0 bridgehead atoms. The molecule has 0 atom stereocenters. The molecular formula is C11H11NO4. The third-order valence-corrected chi connectivity index (χ3v) is 2.51. The van der Waals surface area contributed by atoms with Crippen LogP contribution in [0.4, 0.5) is 5.69 Å². The van der Waals surface area contributed by atoms with Crippen molar-refractivity contribution in [3.8, 4) is 5.75 Å². The fourth-order valence-corrected chi connectivity index (χ4v) is 1.38. The summed E-state index contributed by atoms with van der Waals surface area (Å²) in [4.78, 5) is 20.7. The topological polar surface area (TPSA) is 69.4 Å². The zero-order valence-corrected chi connectivity index (χ0v) is 8.59. The predicted molar refractivity (Wildman–Crippen MR) is 56.7 cm³/mol. The van der Waals surface area contributed by atoms with Gasteiger partial charge in [-0.15, -0.1) is 0 Å². The quantitative estimate of drug-likeness (QED) is 0.434. The molecule has 1 aromatic carbocycles. The largest absolute Gasteiger partial charge is 0.493 e. The monoisotopic (exact) mass is 221 g/mol. The van der Waals surface area contributed by atoms with E-state index in [9.17, 15) is 14.9 Å². The summed E-state index contributed by atoms with van der Waals surface area (Å²) in [7, 11) is 0. The molecule has 0 amide bonds. The minimum absolute atomic E-state index is 0.0540. The number of carbonyl (C=O) groups excluding carboxylic acids is 1. The third kappa shape index (κ3) is 2.36. The Morgan fingerprint density at radius 1 is 1.50 bits per heavy atom. The van der Waals surface area contributed by atoms with Crippen molar-refractivity contribution in [2.24, 2.45) is 5.92 Å². The maximum atomic E-state index is 10.7. The molecule has 0 heterocycles. The van der Waals surface area contributed by atoms with E-state index in [4.69, 9.17) is 4.74 Å². The number of nitrogens with zero attached hydrogens (tertiary/aromatic N) is 1. The number of hydrogen-bond donors (Lipinski definition) is 0. The average molecular weight is 221 g/mol. The molecule has 0 spiro atoms. The zero-order chi connectivity index (χ0) is 11.5. The SMILES string of the molecule is O=Cc1cc(OCC2CC2)ccc1[N+](=O)[O-]. The molecule has 1 fully saturated rings. The Bertz CT molecular complexity index is 426. The first kappa shape index (κ1) is 10.6. The highest BCUT2D eigenvalue weighted by atomic mass is 16.6. The van der Waals surface area contributed by atoms with Crippen LogP contribution in [0.2, 0.25) is 0 Å². The van der Waals surface area contributed by atoms with Gasteiger partial charge < -0.3 is 4.74 Å². The lowest BCUT2D eigenvalue weighted by atomic mass is 10.2. The second-order valence-electron chi connectivity index (χ2n) is 3.85. The number of aldehydes is 1. The van der Waals surface area contributed by atoms with Gasteiger partial charge in [-0.1, -0.05) is 0 Å². The van der Waals surface area contributed by atoms with Gasteiger partial charge in [0.15, 0.2) is 6.29 Å². The van der Waals surface area contributed by atoms with E-state index in [1.54, 1.807) is 0 Å². The van der Waals surface area contributed by atoms with E-state index in [2.05, 4.69) is 0 Å². The smallest absolute Gasteiger partial charge is 0.280 e. The van der Waals surface area contributed by atoms with E-state index >= 15 is 0 Å². The van der Waals surface area contributed by atoms with Crippen LogP contribution in [0, 0.1) is 16.0 Å². The molecule has 0 N–H and O–H groups in total. The minimum atomic E-state index is -0.575. The standard InChI is InChI=1S/C11H11NO4/c13-6-9-5-10(16-7-8-1-2-8)3-4-11(9)12(14)15/h3-6,8H,1-2,7H2. The van der Waals surface area contributed by atoms with E-state index in [0.717, 1.165) is 0 Å². The lowest BCUT2D eigenvalue weighted by Gasteiger charge is -2.05. The summed E-state index contributed by atoms with van der Waals surface area (Å²) >= 11 is 0. The van der Waals surface area contributed by atoms with Crippen molar-refractivity contribution in [2.45, 2.75) is 12.8 Å². The Labute approximate surface area is 92.2 Å². The van der Waals surface area contributed by atoms with Gasteiger partial charge in [0.05, 0.1) is 17.1 Å². The first-order chi connectivity index (χ1) is 7.70. The second kappa shape index (κ2) is 4.30. The Morgan fingerprint density at radius 3 is 2.81 bits per heavy atom. The summed E-state index contributed by atoms with van der Waals surface area (Å²) in [5, 5.41) is 10.6. The van der Waals surface area contributed by atoms with Gasteiger partial charge in [-0.2, -0.15) is 0 Å². The Kier molecular flexibility index (Phi) is 2.85. The zero-order valence-electron chi connectivity index (χ0n) is 8.59. The van der Waals surface area contributed by atoms with Crippen LogP contribution < -0.4 is 4.74 Å². The van der Waals surface area contributed by atoms with Crippen LogP contribution in [0.25, 0.3) is 0 Å². The molecule has 1 saturated carbocycles. The summed E-state index contributed by atoms with van der Waals surface area (Å²) in [6, 6.07) is 4.23. The number of hydrogen-bond acceptors (Lipinski definition) is 4. The number of carbonyl (C=O) groups is 1. The van der Waals surface area contributed by atoms with Crippen molar-refractivity contribution in [2.75, 3.05) is 6.61 Å². The van der Waals surface area contributed by atoms with Crippen LogP contribution in [-0.2, 0) is 0 Å². The maximum absolute atomic E-state index is 10.7. The van der Waals surface area contributed by atoms with Crippen molar-refractivity contribution in [1.82, 2.24) is 0 Å². The van der Waals surface area contributed by atoms with Gasteiger partial charge >= 0.3 is 0 Å². The van der Waals surface area contributed by atoms with Crippen LogP contribution in [0.15, 0.2) is 18.2 Å². The van der Waals surface area contributed by atoms with Crippen LogP contribution in [0.5, 0.6) is 5.75 Å². The van der Waals surface area contributed by atoms with Gasteiger partial charge in [0.1, 0.15) is 5.75 Å². The summed E-state index contributed by atoms with van der Waals surface area (Å²) in [5.41, 5.74) is -0.132. The molecule has 1 aromatic rings. The number of rotatable bonds is 5. The predicted octanol–water partition coefficient (Wildman–Crippen LogP) is 2.20. The van der Waals surface area contributed by atoms with Gasteiger partial charge in [-0.3, -0.25) is 14.9 Å². The van der Waals surface area contributed by atoms with E-state index in [1.165, 1.54) is 31.0 Å². The normalized spacial score (nSPS) is 14.5. The molecule has 1 aliphatic carbocycles. The van der Waals surface area contributed by atoms with E-state index in [1.807, 2.05) is 0 Å². The van der Waals surface area contributed by atoms with Crippen molar-refractivity contribution in [1.29, 1.82) is 0 Å². The lowest BCUT2D eigenvalue weighted by Crippen LogP contribution is -2.00. The highest BCUT2D eigenvalue weighted by Gasteiger charge is 2.22. The summed E-state index contributed by atoms with van der Waals surface area (Å²) in [6.07, 6.45) is 2.82. The molecule has 0 saturated heterocycles. The Balaban J connectivity index is 2.14. The fourth-order valence-electron chi connectivity index (χ4n) is 1.38. The van der Waals surface area contributed by atoms with Crippen LogP contribution in [0.3, 0.4) is 0 Å². The Hall–Kier alpha value is -1.91. The molecule has 5 nitrogen and oxygen atoms in total. The summed E-state index contributed by atoms with van der Waals surface area (Å²) in [5.74, 6) is 1.12. The number of nitro groups is 1. The van der Waals surface area contributed by atoms with Crippen LogP contribution >= 0.6 is 0 Å². The van der Waals surface area contributed by atoms with Crippen LogP contribution in [0.1, 0.15) is 23.2 Å². The lowest BCUT2D eigenvalue weighted by molar-refractivity contribution is -0.385. The molecule has 16 heavy (non-hydrogen) atoms. The van der Waals surface area contributed by atoms with Crippen molar-refractivity contribution >= 4 is 12.0 Å². The van der Waals surface area contributed by atoms with Gasteiger partial charge in [0.25, 0.3) is 5.69 Å². The van der Waals surface area contributed by atoms with E-state index in [-0.39, 0.29) is 11.3 Å². The highest BCUT2D eigenvalue weighted by Crippen LogP contribution is 2.30. The van der Waals surface area contributed by atoms with Gasteiger partial charge in [0.2, 0.25) is 0 Å². The number of nitro benzene ring substituents is 1. The molecule has 0 radical (unpaired) electrons. The Morgan fingerprint density at radius 2 is 2.25 bits per heavy atom. The van der Waals surface area contributed by atoms with Gasteiger partial charge in [-0.05, 0) is 30.9 Å². The number of benzene rings is 1. The highest BCUT2D eigenvalue weighted by molar-refractivity contribution is 5.82. The van der Waals surface area contributed by atoms with Gasteiger partial charge in [0, 0.05) is 6.07 Å². The summed E-state index contributed by atoms with van der Waals surface area (Å²) < 4.78 is 5.43. The molecule has 2 rings (SSSR count). The maximum Gasteiger partial charge on any atom is 0.280 e. The average Bonchev–Trinajstić information content (AvgIpc) is 3.09. The first-order valence-electron chi connectivity index (χ1n) is 5.07. The molecule has 1 aliphatic rings. The second-order valence-corrected chi connectivity index (χ2v) is 3.85. The van der Waals surface area contributed by atoms with E-state index < -0.39 is 4.92 Å². The van der Waals surface area contributed by atoms with Crippen molar-refractivity contribution in [3.63, 3.8) is 0 Å². The van der Waals surface area contributed by atoms with Crippen molar-refractivity contribution in [3.05, 3.63) is 33.9 Å². The number of ether oxygens (including phenoxy) is 1. The first-order valence-corrected chi connectivity index (χ1v) is 5.07. The fraction of sp³-hybridized carbons (Fsp3) is 0.364. The van der Waals surface area contributed by atoms with E-state index in [0.29, 0.717) is 24.6 Å². The molecule has 0 aliphatic heterocycles. The van der Waals surface area contributed by atoms with Gasteiger partial charge in [-0.25, -0.2) is 0 Å². The molecule has 5 heteroatoms. The molecule has 0 aromatic heterocycles. The third-order valence-electron chi connectivity index (χ3n) is 2.51. The molecular weight excluding hydrogens is 210 g/mol. The molecule has 84 valence electrons. The van der Waals surface area contributed by atoms with Crippen LogP contribution in [-0.4, -0.2) is 17.8 Å². The van der Waals surface area contributed by atoms with Crippen molar-refractivity contribution < 1.29 is 14.5 Å².